The Kier molecular flexibility index (Phi) is 6.81. The number of esters is 1. The average Bonchev–Trinajstić information content (AvgIpc) is 2.96. The minimum absolute atomic E-state index is 0.0877. The first kappa shape index (κ1) is 21.5. The number of benzene rings is 2. The number of likely N-dealkylation sites (N-methyl/N-ethyl adjacent to an activating group) is 1. The molecule has 0 aliphatic carbocycles. The molecule has 1 saturated heterocycles. The van der Waals surface area contributed by atoms with Gasteiger partial charge in [0.2, 0.25) is 0 Å². The zero-order chi connectivity index (χ0) is 21.7. The number of aliphatic hydroxyl groups is 1. The lowest BCUT2D eigenvalue weighted by Gasteiger charge is -2.19. The first-order valence-corrected chi connectivity index (χ1v) is 9.82. The van der Waals surface area contributed by atoms with E-state index in [4.69, 9.17) is 26.8 Å². The summed E-state index contributed by atoms with van der Waals surface area (Å²) in [7, 11) is 1.70. The molecule has 2 aromatic carbocycles. The number of anilines is 1. The summed E-state index contributed by atoms with van der Waals surface area (Å²) in [6, 6.07) is 13.9. The van der Waals surface area contributed by atoms with Gasteiger partial charge in [-0.05, 0) is 55.0 Å². The Balaban J connectivity index is 1.96. The van der Waals surface area contributed by atoms with Crippen molar-refractivity contribution in [2.24, 2.45) is 0 Å². The lowest BCUT2D eigenvalue weighted by Crippen LogP contribution is -2.32. The van der Waals surface area contributed by atoms with E-state index < -0.39 is 5.97 Å². The molecule has 1 amide bonds. The largest absolute Gasteiger partial charge is 0.491 e. The van der Waals surface area contributed by atoms with E-state index in [1.54, 1.807) is 67.4 Å². The topological polar surface area (TPSA) is 79.3 Å². The minimum Gasteiger partial charge on any atom is -0.491 e. The van der Waals surface area contributed by atoms with Crippen molar-refractivity contribution in [3.8, 4) is 5.75 Å². The van der Waals surface area contributed by atoms with E-state index in [2.05, 4.69) is 0 Å². The number of hydrogen-bond acceptors (Lipinski definition) is 6. The van der Waals surface area contributed by atoms with Gasteiger partial charge in [0.1, 0.15) is 18.1 Å². The van der Waals surface area contributed by atoms with Crippen LogP contribution in [0.3, 0.4) is 0 Å². The molecule has 30 heavy (non-hydrogen) atoms. The molecule has 0 bridgehead atoms. The molecule has 1 aliphatic rings. The SMILES string of the molecule is CCOC(=O)c1ccccc1N1C(=O)/C(=C\c2cccc(OCCO)c2)N(C)C1=S. The smallest absolute Gasteiger partial charge is 0.340 e. The fourth-order valence-electron chi connectivity index (χ4n) is 3.03. The van der Waals surface area contributed by atoms with Crippen LogP contribution in [0.2, 0.25) is 0 Å². The maximum atomic E-state index is 13.2. The Bertz CT molecular complexity index is 1000. The summed E-state index contributed by atoms with van der Waals surface area (Å²) in [5.74, 6) is -0.281. The number of aliphatic hydroxyl groups excluding tert-OH is 1. The van der Waals surface area contributed by atoms with E-state index in [1.807, 2.05) is 6.07 Å². The third-order valence-electron chi connectivity index (χ3n) is 4.42. The van der Waals surface area contributed by atoms with Crippen molar-refractivity contribution in [2.75, 3.05) is 31.8 Å². The van der Waals surface area contributed by atoms with Gasteiger partial charge in [0.05, 0.1) is 24.5 Å². The Labute approximate surface area is 180 Å². The van der Waals surface area contributed by atoms with Gasteiger partial charge in [-0.25, -0.2) is 4.79 Å². The van der Waals surface area contributed by atoms with E-state index in [9.17, 15) is 9.59 Å². The lowest BCUT2D eigenvalue weighted by atomic mass is 10.1. The molecule has 2 aromatic rings. The molecule has 0 atom stereocenters. The van der Waals surface area contributed by atoms with Gasteiger partial charge >= 0.3 is 5.97 Å². The molecular formula is C22H22N2O5S. The van der Waals surface area contributed by atoms with Crippen molar-refractivity contribution in [1.82, 2.24) is 4.90 Å². The summed E-state index contributed by atoms with van der Waals surface area (Å²) in [4.78, 5) is 28.5. The second-order valence-corrected chi connectivity index (χ2v) is 6.76. The molecule has 156 valence electrons. The number of nitrogens with zero attached hydrogens (tertiary/aromatic N) is 2. The molecule has 0 unspecified atom stereocenters. The standard InChI is InChI=1S/C22H22N2O5S/c1-3-28-21(27)17-9-4-5-10-18(17)24-20(26)19(23(2)22(24)30)14-15-7-6-8-16(13-15)29-12-11-25/h4-10,13-14,25H,3,11-12H2,1-2H3/b19-14+. The molecule has 1 aliphatic heterocycles. The van der Waals surface area contributed by atoms with Gasteiger partial charge in [-0.2, -0.15) is 0 Å². The van der Waals surface area contributed by atoms with Gasteiger partial charge in [0.15, 0.2) is 5.11 Å². The van der Waals surface area contributed by atoms with Crippen LogP contribution in [-0.2, 0) is 9.53 Å². The normalized spacial score (nSPS) is 15.1. The minimum atomic E-state index is -0.516. The van der Waals surface area contributed by atoms with Crippen molar-refractivity contribution in [1.29, 1.82) is 0 Å². The van der Waals surface area contributed by atoms with Crippen LogP contribution in [0.25, 0.3) is 6.08 Å². The highest BCUT2D eigenvalue weighted by Crippen LogP contribution is 2.31. The maximum absolute atomic E-state index is 13.2. The molecule has 1 heterocycles. The van der Waals surface area contributed by atoms with Gasteiger partial charge in [-0.3, -0.25) is 9.69 Å². The Hall–Kier alpha value is -3.23. The second-order valence-electron chi connectivity index (χ2n) is 6.39. The van der Waals surface area contributed by atoms with Crippen molar-refractivity contribution in [3.05, 3.63) is 65.4 Å². The third kappa shape index (κ3) is 4.34. The number of para-hydroxylation sites is 1. The van der Waals surface area contributed by atoms with E-state index in [0.717, 1.165) is 5.56 Å². The first-order valence-electron chi connectivity index (χ1n) is 9.41. The number of thiocarbonyl (C=S) groups is 1. The Morgan fingerprint density at radius 2 is 1.97 bits per heavy atom. The van der Waals surface area contributed by atoms with E-state index in [1.165, 1.54) is 4.90 Å². The van der Waals surface area contributed by atoms with Gasteiger partial charge in [-0.15, -0.1) is 0 Å². The van der Waals surface area contributed by atoms with Crippen LogP contribution < -0.4 is 9.64 Å². The number of carbonyl (C=O) groups is 2. The van der Waals surface area contributed by atoms with Crippen molar-refractivity contribution in [2.45, 2.75) is 6.92 Å². The average molecular weight is 426 g/mol. The molecule has 8 heteroatoms. The fourth-order valence-corrected chi connectivity index (χ4v) is 3.31. The van der Waals surface area contributed by atoms with Crippen LogP contribution in [0.15, 0.2) is 54.2 Å². The molecule has 7 nitrogen and oxygen atoms in total. The zero-order valence-electron chi connectivity index (χ0n) is 16.7. The zero-order valence-corrected chi connectivity index (χ0v) is 17.5. The van der Waals surface area contributed by atoms with E-state index in [-0.39, 0.29) is 36.4 Å². The van der Waals surface area contributed by atoms with Gasteiger partial charge in [0, 0.05) is 7.05 Å². The summed E-state index contributed by atoms with van der Waals surface area (Å²) in [6.45, 7) is 2.04. The number of amides is 1. The Morgan fingerprint density at radius 3 is 2.70 bits per heavy atom. The number of rotatable bonds is 7. The summed E-state index contributed by atoms with van der Waals surface area (Å²) in [5, 5.41) is 9.18. The predicted octanol–water partition coefficient (Wildman–Crippen LogP) is 2.84. The molecule has 3 rings (SSSR count). The molecule has 0 spiro atoms. The van der Waals surface area contributed by atoms with Crippen LogP contribution in [0.1, 0.15) is 22.8 Å². The van der Waals surface area contributed by atoms with Crippen molar-refractivity contribution in [3.63, 3.8) is 0 Å². The predicted molar refractivity (Wildman–Crippen MR) is 117 cm³/mol. The number of ether oxygens (including phenoxy) is 2. The van der Waals surface area contributed by atoms with Gasteiger partial charge in [0.25, 0.3) is 5.91 Å². The second kappa shape index (κ2) is 9.51. The molecule has 0 radical (unpaired) electrons. The maximum Gasteiger partial charge on any atom is 0.340 e. The molecule has 1 N–H and O–H groups in total. The summed E-state index contributed by atoms with van der Waals surface area (Å²) < 4.78 is 10.5. The highest BCUT2D eigenvalue weighted by molar-refractivity contribution is 7.80. The van der Waals surface area contributed by atoms with Crippen LogP contribution in [0.4, 0.5) is 5.69 Å². The Morgan fingerprint density at radius 1 is 1.20 bits per heavy atom. The quantitative estimate of drug-likeness (QED) is 0.414. The van der Waals surface area contributed by atoms with Gasteiger partial charge < -0.3 is 19.5 Å². The third-order valence-corrected chi connectivity index (χ3v) is 4.88. The van der Waals surface area contributed by atoms with E-state index in [0.29, 0.717) is 17.1 Å². The molecule has 0 aromatic heterocycles. The van der Waals surface area contributed by atoms with Crippen LogP contribution >= 0.6 is 12.2 Å². The monoisotopic (exact) mass is 426 g/mol. The van der Waals surface area contributed by atoms with Crippen molar-refractivity contribution < 1.29 is 24.2 Å². The molecule has 1 fully saturated rings. The van der Waals surface area contributed by atoms with Crippen LogP contribution in [-0.4, -0.2) is 53.9 Å². The van der Waals surface area contributed by atoms with Gasteiger partial charge in [-0.1, -0.05) is 24.3 Å². The van der Waals surface area contributed by atoms with Crippen LogP contribution in [0.5, 0.6) is 5.75 Å². The first-order chi connectivity index (χ1) is 14.5. The summed E-state index contributed by atoms with van der Waals surface area (Å²) in [6.07, 6.45) is 1.70. The lowest BCUT2D eigenvalue weighted by molar-refractivity contribution is -0.114. The number of carbonyl (C=O) groups excluding carboxylic acids is 2. The summed E-state index contributed by atoms with van der Waals surface area (Å²) in [5.41, 5.74) is 1.74. The molecule has 0 saturated carbocycles. The molecular weight excluding hydrogens is 404 g/mol. The number of hydrogen-bond donors (Lipinski definition) is 1. The summed E-state index contributed by atoms with van der Waals surface area (Å²) >= 11 is 5.50. The van der Waals surface area contributed by atoms with Crippen molar-refractivity contribution >= 4 is 41.0 Å². The van der Waals surface area contributed by atoms with E-state index >= 15 is 0 Å². The highest BCUT2D eigenvalue weighted by Gasteiger charge is 2.38. The van der Waals surface area contributed by atoms with Crippen LogP contribution in [0, 0.1) is 0 Å². The highest BCUT2D eigenvalue weighted by atomic mass is 32.1. The fraction of sp³-hybridized carbons (Fsp3) is 0.227.